The maximum atomic E-state index is 11.0. The van der Waals surface area contributed by atoms with Crippen LogP contribution in [0.1, 0.15) is 66.7 Å². The summed E-state index contributed by atoms with van der Waals surface area (Å²) >= 11 is 0. The summed E-state index contributed by atoms with van der Waals surface area (Å²) in [5.41, 5.74) is 4.12. The Labute approximate surface area is 124 Å². The zero-order chi connectivity index (χ0) is 15.4. The highest BCUT2D eigenvalue weighted by Crippen LogP contribution is 2.11. The molecule has 0 radical (unpaired) electrons. The topological polar surface area (TPSA) is 26.3 Å². The molecule has 0 aromatic heterocycles. The van der Waals surface area contributed by atoms with Crippen molar-refractivity contribution < 1.29 is 9.53 Å². The van der Waals surface area contributed by atoms with E-state index in [-0.39, 0.29) is 5.97 Å². The van der Waals surface area contributed by atoms with E-state index in [0.29, 0.717) is 13.0 Å². The number of hydrogen-bond acceptors (Lipinski definition) is 2. The third kappa shape index (κ3) is 11.8. The van der Waals surface area contributed by atoms with Crippen LogP contribution in [0.4, 0.5) is 0 Å². The van der Waals surface area contributed by atoms with Crippen LogP contribution in [0.3, 0.4) is 0 Å². The third-order valence-electron chi connectivity index (χ3n) is 3.09. The molecule has 0 amide bonds. The second kappa shape index (κ2) is 11.5. The van der Waals surface area contributed by atoms with Crippen LogP contribution in [0.5, 0.6) is 0 Å². The van der Waals surface area contributed by atoms with Gasteiger partial charge in [-0.15, -0.1) is 0 Å². The summed E-state index contributed by atoms with van der Waals surface area (Å²) in [6, 6.07) is 0. The van der Waals surface area contributed by atoms with Gasteiger partial charge in [0.05, 0.1) is 0 Å². The van der Waals surface area contributed by atoms with Crippen LogP contribution in [0.2, 0.25) is 0 Å². The number of ether oxygens (including phenoxy) is 1. The van der Waals surface area contributed by atoms with Crippen LogP contribution in [0.25, 0.3) is 0 Å². The van der Waals surface area contributed by atoms with E-state index in [1.54, 1.807) is 0 Å². The van der Waals surface area contributed by atoms with E-state index in [1.807, 2.05) is 13.0 Å². The molecule has 0 aliphatic rings. The van der Waals surface area contributed by atoms with E-state index >= 15 is 0 Å². The van der Waals surface area contributed by atoms with Gasteiger partial charge in [0.15, 0.2) is 0 Å². The first-order valence-electron chi connectivity index (χ1n) is 7.56. The summed E-state index contributed by atoms with van der Waals surface area (Å²) in [6.07, 6.45) is 11.4. The zero-order valence-electron chi connectivity index (χ0n) is 13.8. The van der Waals surface area contributed by atoms with Gasteiger partial charge in [-0.25, -0.2) is 0 Å². The van der Waals surface area contributed by atoms with Gasteiger partial charge >= 0.3 is 5.97 Å². The molecular formula is C18H30O2. The number of esters is 1. The molecule has 0 spiro atoms. The smallest absolute Gasteiger partial charge is 0.305 e. The first-order chi connectivity index (χ1) is 9.45. The molecule has 0 rings (SSSR count). The number of rotatable bonds is 9. The van der Waals surface area contributed by atoms with Crippen molar-refractivity contribution in [1.29, 1.82) is 0 Å². The first-order valence-corrected chi connectivity index (χ1v) is 7.56. The van der Waals surface area contributed by atoms with Crippen molar-refractivity contribution in [3.63, 3.8) is 0 Å². The standard InChI is InChI=1S/C18H30O2/c1-6-18(19)20-14-13-17(5)12-8-11-16(4)10-7-9-15(2)3/h9,11,13H,6-8,10,12,14H2,1-5H3. The van der Waals surface area contributed by atoms with Crippen LogP contribution in [0.15, 0.2) is 34.9 Å². The highest BCUT2D eigenvalue weighted by molar-refractivity contribution is 5.68. The quantitative estimate of drug-likeness (QED) is 0.419. The Morgan fingerprint density at radius 2 is 1.45 bits per heavy atom. The first kappa shape index (κ1) is 18.7. The summed E-state index contributed by atoms with van der Waals surface area (Å²) in [7, 11) is 0. The Morgan fingerprint density at radius 1 is 0.900 bits per heavy atom. The van der Waals surface area contributed by atoms with Gasteiger partial charge in [0.1, 0.15) is 6.61 Å². The maximum absolute atomic E-state index is 11.0. The van der Waals surface area contributed by atoms with Crippen molar-refractivity contribution in [3.8, 4) is 0 Å². The number of carbonyl (C=O) groups excluding carboxylic acids is 1. The Kier molecular flexibility index (Phi) is 10.8. The fourth-order valence-electron chi connectivity index (χ4n) is 1.72. The van der Waals surface area contributed by atoms with Crippen molar-refractivity contribution in [2.45, 2.75) is 66.7 Å². The molecule has 0 aliphatic heterocycles. The lowest BCUT2D eigenvalue weighted by molar-refractivity contribution is -0.141. The highest BCUT2D eigenvalue weighted by Gasteiger charge is 1.96. The molecule has 0 N–H and O–H groups in total. The molecule has 20 heavy (non-hydrogen) atoms. The van der Waals surface area contributed by atoms with E-state index in [1.165, 1.54) is 16.7 Å². The minimum absolute atomic E-state index is 0.135. The minimum atomic E-state index is -0.135. The normalized spacial score (nSPS) is 12.2. The predicted molar refractivity (Wildman–Crippen MR) is 86.7 cm³/mol. The van der Waals surface area contributed by atoms with E-state index in [2.05, 4.69) is 39.8 Å². The second-order valence-electron chi connectivity index (χ2n) is 5.50. The van der Waals surface area contributed by atoms with Gasteiger partial charge in [-0.1, -0.05) is 35.8 Å². The van der Waals surface area contributed by atoms with Crippen molar-refractivity contribution >= 4 is 5.97 Å². The van der Waals surface area contributed by atoms with Crippen LogP contribution in [0, 0.1) is 0 Å². The molecular weight excluding hydrogens is 248 g/mol. The number of carbonyl (C=O) groups is 1. The summed E-state index contributed by atoms with van der Waals surface area (Å²) in [4.78, 5) is 11.0. The van der Waals surface area contributed by atoms with Crippen LogP contribution in [-0.2, 0) is 9.53 Å². The second-order valence-corrected chi connectivity index (χ2v) is 5.50. The van der Waals surface area contributed by atoms with Gasteiger partial charge in [0.2, 0.25) is 0 Å². The molecule has 0 aromatic rings. The Balaban J connectivity index is 3.88. The molecule has 2 heteroatoms. The Hall–Kier alpha value is -1.31. The molecule has 0 heterocycles. The third-order valence-corrected chi connectivity index (χ3v) is 3.09. The van der Waals surface area contributed by atoms with Gasteiger partial charge in [-0.05, 0) is 59.5 Å². The SMILES string of the molecule is CCC(=O)OCC=C(C)CCC=C(C)CCC=C(C)C. The molecule has 0 atom stereocenters. The largest absolute Gasteiger partial charge is 0.461 e. The number of hydrogen-bond donors (Lipinski definition) is 0. The summed E-state index contributed by atoms with van der Waals surface area (Å²) in [5.74, 6) is -0.135. The summed E-state index contributed by atoms with van der Waals surface area (Å²) in [6.45, 7) is 10.8. The molecule has 0 saturated heterocycles. The van der Waals surface area contributed by atoms with E-state index in [9.17, 15) is 4.79 Å². The van der Waals surface area contributed by atoms with Crippen molar-refractivity contribution in [2.24, 2.45) is 0 Å². The van der Waals surface area contributed by atoms with Crippen molar-refractivity contribution in [2.75, 3.05) is 6.61 Å². The molecule has 0 bridgehead atoms. The van der Waals surface area contributed by atoms with Crippen molar-refractivity contribution in [1.82, 2.24) is 0 Å². The van der Waals surface area contributed by atoms with E-state index in [4.69, 9.17) is 4.74 Å². The summed E-state index contributed by atoms with van der Waals surface area (Å²) in [5, 5.41) is 0. The van der Waals surface area contributed by atoms with Crippen LogP contribution >= 0.6 is 0 Å². The van der Waals surface area contributed by atoms with Crippen LogP contribution in [-0.4, -0.2) is 12.6 Å². The van der Waals surface area contributed by atoms with Gasteiger partial charge in [0.25, 0.3) is 0 Å². The zero-order valence-corrected chi connectivity index (χ0v) is 13.8. The van der Waals surface area contributed by atoms with Crippen LogP contribution < -0.4 is 0 Å². The molecule has 0 saturated carbocycles. The number of allylic oxidation sites excluding steroid dienone is 5. The van der Waals surface area contributed by atoms with Crippen molar-refractivity contribution in [3.05, 3.63) is 34.9 Å². The maximum Gasteiger partial charge on any atom is 0.305 e. The average molecular weight is 278 g/mol. The fourth-order valence-corrected chi connectivity index (χ4v) is 1.72. The molecule has 114 valence electrons. The lowest BCUT2D eigenvalue weighted by atomic mass is 10.1. The molecule has 0 fully saturated rings. The molecule has 2 nitrogen and oxygen atoms in total. The molecule has 0 aliphatic carbocycles. The van der Waals surface area contributed by atoms with Gasteiger partial charge < -0.3 is 4.74 Å². The Morgan fingerprint density at radius 3 is 2.00 bits per heavy atom. The monoisotopic (exact) mass is 278 g/mol. The minimum Gasteiger partial charge on any atom is -0.461 e. The average Bonchev–Trinajstić information content (AvgIpc) is 2.38. The molecule has 0 aromatic carbocycles. The fraction of sp³-hybridized carbons (Fsp3) is 0.611. The van der Waals surface area contributed by atoms with Gasteiger partial charge in [0, 0.05) is 6.42 Å². The van der Waals surface area contributed by atoms with Gasteiger partial charge in [-0.2, -0.15) is 0 Å². The van der Waals surface area contributed by atoms with Gasteiger partial charge in [-0.3, -0.25) is 4.79 Å². The Bertz CT molecular complexity index is 369. The lowest BCUT2D eigenvalue weighted by Crippen LogP contribution is -2.02. The van der Waals surface area contributed by atoms with E-state index in [0.717, 1.165) is 25.7 Å². The highest BCUT2D eigenvalue weighted by atomic mass is 16.5. The summed E-state index contributed by atoms with van der Waals surface area (Å²) < 4.78 is 5.03. The van der Waals surface area contributed by atoms with E-state index < -0.39 is 0 Å². The lowest BCUT2D eigenvalue weighted by Gasteiger charge is -2.02. The predicted octanol–water partition coefficient (Wildman–Crippen LogP) is 5.36. The molecule has 0 unspecified atom stereocenters.